The molecule has 2 rings (SSSR count). The lowest BCUT2D eigenvalue weighted by Gasteiger charge is -2.17. The van der Waals surface area contributed by atoms with Gasteiger partial charge in [-0.1, -0.05) is 32.0 Å². The lowest BCUT2D eigenvalue weighted by molar-refractivity contribution is 0.316. The minimum atomic E-state index is -3.34. The first-order chi connectivity index (χ1) is 10.0. The molecule has 0 atom stereocenters. The van der Waals surface area contributed by atoms with Gasteiger partial charge in [-0.2, -0.15) is 17.4 Å². The van der Waals surface area contributed by atoms with E-state index in [-0.39, 0.29) is 6.54 Å². The third-order valence-corrected chi connectivity index (χ3v) is 5.20. The Hall–Kier alpha value is -1.11. The van der Waals surface area contributed by atoms with Gasteiger partial charge in [-0.3, -0.25) is 0 Å². The molecule has 118 valence electrons. The molecular formula is C15H24N2O3S. The second-order valence-electron chi connectivity index (χ2n) is 5.55. The zero-order valence-corrected chi connectivity index (χ0v) is 13.5. The molecule has 0 radical (unpaired) electrons. The van der Waals surface area contributed by atoms with Crippen LogP contribution in [0, 0.1) is 0 Å². The Labute approximate surface area is 127 Å². The van der Waals surface area contributed by atoms with Crippen LogP contribution in [0.5, 0.6) is 5.75 Å². The van der Waals surface area contributed by atoms with Crippen LogP contribution in [-0.2, 0) is 10.2 Å². The molecule has 1 N–H and O–H groups in total. The summed E-state index contributed by atoms with van der Waals surface area (Å²) in [5.41, 5.74) is 1.14. The summed E-state index contributed by atoms with van der Waals surface area (Å²) >= 11 is 0. The number of hydrogen-bond donors (Lipinski definition) is 1. The molecule has 1 aliphatic heterocycles. The molecule has 0 aromatic heterocycles. The lowest BCUT2D eigenvalue weighted by Crippen LogP contribution is -2.40. The van der Waals surface area contributed by atoms with Crippen LogP contribution in [0.25, 0.3) is 0 Å². The molecule has 1 aliphatic rings. The standard InChI is InChI=1S/C15H24N2O3S/c1-13(2)14-7-3-4-8-15(14)20-12-9-16-21(18,19)17-10-5-6-11-17/h3-4,7-8,13,16H,5-6,9-12H2,1-2H3. The highest BCUT2D eigenvalue weighted by molar-refractivity contribution is 7.87. The Balaban J connectivity index is 1.82. The molecule has 1 aromatic rings. The maximum Gasteiger partial charge on any atom is 0.279 e. The quantitative estimate of drug-likeness (QED) is 0.785. The molecule has 0 spiro atoms. The number of para-hydroxylation sites is 1. The molecule has 6 heteroatoms. The summed E-state index contributed by atoms with van der Waals surface area (Å²) in [5, 5.41) is 0. The minimum Gasteiger partial charge on any atom is -0.492 e. The average Bonchev–Trinajstić information content (AvgIpc) is 2.99. The summed E-state index contributed by atoms with van der Waals surface area (Å²) in [6.07, 6.45) is 1.89. The largest absolute Gasteiger partial charge is 0.492 e. The van der Waals surface area contributed by atoms with E-state index in [1.54, 1.807) is 0 Å². The summed E-state index contributed by atoms with van der Waals surface area (Å²) in [7, 11) is -3.34. The van der Waals surface area contributed by atoms with Gasteiger partial charge in [-0.15, -0.1) is 0 Å². The van der Waals surface area contributed by atoms with Gasteiger partial charge in [0.15, 0.2) is 0 Å². The number of rotatable bonds is 7. The molecule has 0 unspecified atom stereocenters. The van der Waals surface area contributed by atoms with Crippen molar-refractivity contribution >= 4 is 10.2 Å². The second-order valence-corrected chi connectivity index (χ2v) is 7.30. The zero-order valence-electron chi connectivity index (χ0n) is 12.7. The topological polar surface area (TPSA) is 58.6 Å². The molecule has 1 aromatic carbocycles. The molecule has 0 amide bonds. The van der Waals surface area contributed by atoms with Crippen molar-refractivity contribution in [3.8, 4) is 5.75 Å². The summed E-state index contributed by atoms with van der Waals surface area (Å²) in [6, 6.07) is 7.87. The summed E-state index contributed by atoms with van der Waals surface area (Å²) < 4.78 is 33.8. The molecule has 5 nitrogen and oxygen atoms in total. The van der Waals surface area contributed by atoms with Crippen molar-refractivity contribution in [2.45, 2.75) is 32.6 Å². The van der Waals surface area contributed by atoms with Crippen LogP contribution >= 0.6 is 0 Å². The Morgan fingerprint density at radius 1 is 1.24 bits per heavy atom. The molecule has 0 aliphatic carbocycles. The summed E-state index contributed by atoms with van der Waals surface area (Å²) in [5.74, 6) is 1.20. The normalized spacial score (nSPS) is 16.5. The predicted octanol–water partition coefficient (Wildman–Crippen LogP) is 2.12. The van der Waals surface area contributed by atoms with Crippen LogP contribution < -0.4 is 9.46 Å². The fraction of sp³-hybridized carbons (Fsp3) is 0.600. The van der Waals surface area contributed by atoms with Gasteiger partial charge in [0.1, 0.15) is 12.4 Å². The van der Waals surface area contributed by atoms with Crippen LogP contribution in [0.1, 0.15) is 38.2 Å². The third kappa shape index (κ3) is 4.43. The van der Waals surface area contributed by atoms with Gasteiger partial charge in [0.2, 0.25) is 0 Å². The molecule has 0 saturated carbocycles. The number of hydrogen-bond acceptors (Lipinski definition) is 3. The van der Waals surface area contributed by atoms with E-state index in [4.69, 9.17) is 4.74 Å². The SMILES string of the molecule is CC(C)c1ccccc1OCCNS(=O)(=O)N1CCCC1. The van der Waals surface area contributed by atoms with Gasteiger partial charge >= 0.3 is 0 Å². The summed E-state index contributed by atoms with van der Waals surface area (Å²) in [4.78, 5) is 0. The van der Waals surface area contributed by atoms with Crippen molar-refractivity contribution in [1.82, 2.24) is 9.03 Å². The molecule has 21 heavy (non-hydrogen) atoms. The van der Waals surface area contributed by atoms with E-state index in [1.165, 1.54) is 4.31 Å². The van der Waals surface area contributed by atoms with E-state index >= 15 is 0 Å². The van der Waals surface area contributed by atoms with E-state index < -0.39 is 10.2 Å². The van der Waals surface area contributed by atoms with Crippen LogP contribution in [0.15, 0.2) is 24.3 Å². The molecule has 1 heterocycles. The average molecular weight is 312 g/mol. The minimum absolute atomic E-state index is 0.283. The van der Waals surface area contributed by atoms with Gasteiger partial charge < -0.3 is 4.74 Å². The molecular weight excluding hydrogens is 288 g/mol. The Morgan fingerprint density at radius 3 is 2.57 bits per heavy atom. The van der Waals surface area contributed by atoms with Crippen molar-refractivity contribution in [3.63, 3.8) is 0 Å². The maximum absolute atomic E-state index is 12.0. The van der Waals surface area contributed by atoms with Crippen molar-refractivity contribution in [2.24, 2.45) is 0 Å². The zero-order chi connectivity index (χ0) is 15.3. The van der Waals surface area contributed by atoms with Crippen LogP contribution in [0.2, 0.25) is 0 Å². The predicted molar refractivity (Wildman–Crippen MR) is 83.8 cm³/mol. The van der Waals surface area contributed by atoms with E-state index in [9.17, 15) is 8.42 Å². The fourth-order valence-corrected chi connectivity index (χ4v) is 3.70. The summed E-state index contributed by atoms with van der Waals surface area (Å²) in [6.45, 7) is 6.07. The van der Waals surface area contributed by atoms with E-state index in [2.05, 4.69) is 18.6 Å². The van der Waals surface area contributed by atoms with Crippen molar-refractivity contribution in [1.29, 1.82) is 0 Å². The van der Waals surface area contributed by atoms with E-state index in [1.807, 2.05) is 24.3 Å². The first kappa shape index (κ1) is 16.3. The Kier molecular flexibility index (Phi) is 5.61. The molecule has 0 bridgehead atoms. The highest BCUT2D eigenvalue weighted by Gasteiger charge is 2.24. The van der Waals surface area contributed by atoms with Crippen molar-refractivity contribution in [2.75, 3.05) is 26.2 Å². The van der Waals surface area contributed by atoms with Gasteiger partial charge in [-0.05, 0) is 30.4 Å². The first-order valence-electron chi connectivity index (χ1n) is 7.47. The van der Waals surface area contributed by atoms with E-state index in [0.29, 0.717) is 25.6 Å². The number of nitrogens with one attached hydrogen (secondary N) is 1. The van der Waals surface area contributed by atoms with Gasteiger partial charge in [0.25, 0.3) is 10.2 Å². The fourth-order valence-electron chi connectivity index (χ4n) is 2.44. The van der Waals surface area contributed by atoms with Gasteiger partial charge in [0, 0.05) is 19.6 Å². The van der Waals surface area contributed by atoms with Crippen molar-refractivity contribution < 1.29 is 13.2 Å². The Morgan fingerprint density at radius 2 is 1.90 bits per heavy atom. The van der Waals surface area contributed by atoms with Gasteiger partial charge in [0.05, 0.1) is 0 Å². The van der Waals surface area contributed by atoms with E-state index in [0.717, 1.165) is 24.2 Å². The second kappa shape index (κ2) is 7.24. The van der Waals surface area contributed by atoms with Gasteiger partial charge in [-0.25, -0.2) is 0 Å². The highest BCUT2D eigenvalue weighted by atomic mass is 32.2. The smallest absolute Gasteiger partial charge is 0.279 e. The molecule has 1 saturated heterocycles. The maximum atomic E-state index is 12.0. The third-order valence-electron chi connectivity index (χ3n) is 3.59. The Bertz CT molecular complexity index is 552. The number of nitrogens with zero attached hydrogens (tertiary/aromatic N) is 1. The number of ether oxygens (including phenoxy) is 1. The first-order valence-corrected chi connectivity index (χ1v) is 8.91. The van der Waals surface area contributed by atoms with Crippen LogP contribution in [-0.4, -0.2) is 39.0 Å². The van der Waals surface area contributed by atoms with Crippen LogP contribution in [0.3, 0.4) is 0 Å². The lowest BCUT2D eigenvalue weighted by atomic mass is 10.0. The molecule has 1 fully saturated rings. The number of benzene rings is 1. The van der Waals surface area contributed by atoms with Crippen LogP contribution in [0.4, 0.5) is 0 Å². The van der Waals surface area contributed by atoms with Crippen molar-refractivity contribution in [3.05, 3.63) is 29.8 Å². The monoisotopic (exact) mass is 312 g/mol. The highest BCUT2D eigenvalue weighted by Crippen LogP contribution is 2.25.